The Bertz CT molecular complexity index is 383. The lowest BCUT2D eigenvalue weighted by atomic mass is 9.95. The first-order chi connectivity index (χ1) is 8.61. The molecule has 0 bridgehead atoms. The summed E-state index contributed by atoms with van der Waals surface area (Å²) in [5.41, 5.74) is 1.35. The van der Waals surface area contributed by atoms with Crippen LogP contribution in [0.25, 0.3) is 0 Å². The first-order valence-electron chi connectivity index (χ1n) is 6.59. The van der Waals surface area contributed by atoms with Gasteiger partial charge in [-0.15, -0.1) is 6.58 Å². The summed E-state index contributed by atoms with van der Waals surface area (Å²) in [6.45, 7) is 8.53. The van der Waals surface area contributed by atoms with E-state index in [2.05, 4.69) is 30.8 Å². The van der Waals surface area contributed by atoms with Gasteiger partial charge in [-0.1, -0.05) is 36.4 Å². The zero-order valence-corrected chi connectivity index (χ0v) is 11.3. The van der Waals surface area contributed by atoms with Gasteiger partial charge in [0.2, 0.25) is 0 Å². The third kappa shape index (κ3) is 3.44. The maximum Gasteiger partial charge on any atom is 0.163 e. The van der Waals surface area contributed by atoms with Gasteiger partial charge in [-0.05, 0) is 32.3 Å². The minimum Gasteiger partial charge on any atom is -0.350 e. The molecule has 2 nitrogen and oxygen atoms in total. The van der Waals surface area contributed by atoms with Crippen LogP contribution >= 0.6 is 0 Å². The summed E-state index contributed by atoms with van der Waals surface area (Å²) in [5, 5.41) is 0. The second-order valence-corrected chi connectivity index (χ2v) is 5.29. The van der Waals surface area contributed by atoms with Crippen molar-refractivity contribution in [2.45, 2.75) is 38.6 Å². The maximum absolute atomic E-state index is 6.01. The van der Waals surface area contributed by atoms with Gasteiger partial charge in [0.1, 0.15) is 0 Å². The maximum atomic E-state index is 6.01. The quantitative estimate of drug-likeness (QED) is 0.756. The minimum atomic E-state index is -0.471. The van der Waals surface area contributed by atoms with Crippen LogP contribution in [0, 0.1) is 5.92 Å². The summed E-state index contributed by atoms with van der Waals surface area (Å²) in [6.07, 6.45) is 4.19. The number of aryl methyl sites for hydroxylation is 1. The van der Waals surface area contributed by atoms with Crippen LogP contribution < -0.4 is 0 Å². The molecular formula is C16H22O2. The Kier molecular flexibility index (Phi) is 4.20. The molecule has 1 fully saturated rings. The van der Waals surface area contributed by atoms with E-state index in [1.54, 1.807) is 0 Å². The minimum absolute atomic E-state index is 0.200. The first kappa shape index (κ1) is 13.3. The summed E-state index contributed by atoms with van der Waals surface area (Å²) in [5.74, 6) is -0.178. The molecule has 1 saturated heterocycles. The second-order valence-electron chi connectivity index (χ2n) is 5.29. The van der Waals surface area contributed by atoms with Crippen molar-refractivity contribution >= 4 is 0 Å². The second kappa shape index (κ2) is 5.68. The molecule has 1 aromatic carbocycles. The molecule has 0 aliphatic carbocycles. The molecule has 0 aromatic heterocycles. The molecule has 2 heteroatoms. The van der Waals surface area contributed by atoms with Crippen molar-refractivity contribution in [3.63, 3.8) is 0 Å². The number of hydrogen-bond acceptors (Lipinski definition) is 2. The molecule has 1 aromatic rings. The van der Waals surface area contributed by atoms with Gasteiger partial charge in [0.05, 0.1) is 12.7 Å². The molecule has 0 amide bonds. The van der Waals surface area contributed by atoms with Crippen LogP contribution in [0.3, 0.4) is 0 Å². The molecule has 18 heavy (non-hydrogen) atoms. The molecule has 98 valence electrons. The fraction of sp³-hybridized carbons (Fsp3) is 0.500. The van der Waals surface area contributed by atoms with Gasteiger partial charge in [0, 0.05) is 5.92 Å². The molecule has 1 aliphatic rings. The fourth-order valence-corrected chi connectivity index (χ4v) is 2.34. The Morgan fingerprint density at radius 2 is 2.06 bits per heavy atom. The standard InChI is InChI=1S/C16H22O2/c1-4-14-12-17-16(2,3)18-15(14)11-10-13-8-6-5-7-9-13/h4-9,14-15H,1,10-12H2,2-3H3/t14-,15+/m1/s1. The highest BCUT2D eigenvalue weighted by molar-refractivity contribution is 5.14. The van der Waals surface area contributed by atoms with E-state index in [0.717, 1.165) is 12.8 Å². The number of ether oxygens (including phenoxy) is 2. The predicted molar refractivity (Wildman–Crippen MR) is 73.4 cm³/mol. The van der Waals surface area contributed by atoms with Crippen molar-refractivity contribution in [3.05, 3.63) is 48.6 Å². The summed E-state index contributed by atoms with van der Waals surface area (Å²) in [7, 11) is 0. The molecule has 1 heterocycles. The van der Waals surface area contributed by atoms with E-state index < -0.39 is 5.79 Å². The number of hydrogen-bond donors (Lipinski definition) is 0. The van der Waals surface area contributed by atoms with Crippen molar-refractivity contribution in [2.75, 3.05) is 6.61 Å². The Labute approximate surface area is 110 Å². The highest BCUT2D eigenvalue weighted by atomic mass is 16.7. The molecule has 2 atom stereocenters. The highest BCUT2D eigenvalue weighted by Gasteiger charge is 2.34. The summed E-state index contributed by atoms with van der Waals surface area (Å²) >= 11 is 0. The van der Waals surface area contributed by atoms with E-state index in [0.29, 0.717) is 12.5 Å². The Morgan fingerprint density at radius 3 is 2.72 bits per heavy atom. The van der Waals surface area contributed by atoms with Crippen molar-refractivity contribution < 1.29 is 9.47 Å². The van der Waals surface area contributed by atoms with E-state index in [9.17, 15) is 0 Å². The van der Waals surface area contributed by atoms with Gasteiger partial charge in [0.25, 0.3) is 0 Å². The van der Waals surface area contributed by atoms with Crippen LogP contribution in [0.4, 0.5) is 0 Å². The third-order valence-corrected chi connectivity index (χ3v) is 3.40. The van der Waals surface area contributed by atoms with Crippen LogP contribution in [0.2, 0.25) is 0 Å². The lowest BCUT2D eigenvalue weighted by molar-refractivity contribution is -0.287. The molecule has 0 radical (unpaired) electrons. The Hall–Kier alpha value is -1.12. The van der Waals surface area contributed by atoms with Gasteiger partial charge >= 0.3 is 0 Å². The lowest BCUT2D eigenvalue weighted by Gasteiger charge is -2.40. The summed E-state index contributed by atoms with van der Waals surface area (Å²) < 4.78 is 11.7. The number of rotatable bonds is 4. The summed E-state index contributed by atoms with van der Waals surface area (Å²) in [4.78, 5) is 0. The molecule has 0 N–H and O–H groups in total. The van der Waals surface area contributed by atoms with Crippen molar-refractivity contribution in [1.29, 1.82) is 0 Å². The topological polar surface area (TPSA) is 18.5 Å². The van der Waals surface area contributed by atoms with Crippen molar-refractivity contribution in [3.8, 4) is 0 Å². The van der Waals surface area contributed by atoms with Crippen LogP contribution in [0.1, 0.15) is 25.8 Å². The van der Waals surface area contributed by atoms with Gasteiger partial charge in [-0.2, -0.15) is 0 Å². The molecule has 0 unspecified atom stereocenters. The smallest absolute Gasteiger partial charge is 0.163 e. The van der Waals surface area contributed by atoms with E-state index >= 15 is 0 Å². The van der Waals surface area contributed by atoms with Gasteiger partial charge < -0.3 is 9.47 Å². The fourth-order valence-electron chi connectivity index (χ4n) is 2.34. The van der Waals surface area contributed by atoms with E-state index in [4.69, 9.17) is 9.47 Å². The molecule has 0 saturated carbocycles. The van der Waals surface area contributed by atoms with Crippen LogP contribution in [0.15, 0.2) is 43.0 Å². The summed E-state index contributed by atoms with van der Waals surface area (Å²) in [6, 6.07) is 10.5. The van der Waals surface area contributed by atoms with E-state index in [1.807, 2.05) is 26.0 Å². The molecule has 2 rings (SSSR count). The average Bonchev–Trinajstić information content (AvgIpc) is 2.37. The Morgan fingerprint density at radius 1 is 1.33 bits per heavy atom. The first-order valence-corrected chi connectivity index (χ1v) is 6.59. The largest absolute Gasteiger partial charge is 0.350 e. The van der Waals surface area contributed by atoms with Gasteiger partial charge in [0.15, 0.2) is 5.79 Å². The van der Waals surface area contributed by atoms with Crippen molar-refractivity contribution in [2.24, 2.45) is 5.92 Å². The monoisotopic (exact) mass is 246 g/mol. The third-order valence-electron chi connectivity index (χ3n) is 3.40. The predicted octanol–water partition coefficient (Wildman–Crippen LogP) is 3.57. The van der Waals surface area contributed by atoms with E-state index in [1.165, 1.54) is 5.56 Å². The average molecular weight is 246 g/mol. The van der Waals surface area contributed by atoms with E-state index in [-0.39, 0.29) is 6.10 Å². The normalized spacial score (nSPS) is 26.8. The zero-order valence-electron chi connectivity index (χ0n) is 11.3. The number of benzene rings is 1. The van der Waals surface area contributed by atoms with Gasteiger partial charge in [-0.3, -0.25) is 0 Å². The SMILES string of the molecule is C=C[C@@H]1COC(C)(C)O[C@H]1CCc1ccccc1. The van der Waals surface area contributed by atoms with Crippen LogP contribution in [0.5, 0.6) is 0 Å². The molecule has 0 spiro atoms. The van der Waals surface area contributed by atoms with Crippen molar-refractivity contribution in [1.82, 2.24) is 0 Å². The van der Waals surface area contributed by atoms with Crippen LogP contribution in [-0.4, -0.2) is 18.5 Å². The molecule has 1 aliphatic heterocycles. The highest BCUT2D eigenvalue weighted by Crippen LogP contribution is 2.29. The lowest BCUT2D eigenvalue weighted by Crippen LogP contribution is -2.45. The zero-order chi connectivity index (χ0) is 13.0. The van der Waals surface area contributed by atoms with Gasteiger partial charge in [-0.25, -0.2) is 0 Å². The Balaban J connectivity index is 1.95. The molecular weight excluding hydrogens is 224 g/mol. The van der Waals surface area contributed by atoms with Crippen LogP contribution in [-0.2, 0) is 15.9 Å².